The highest BCUT2D eigenvalue weighted by Gasteiger charge is 2.18. The van der Waals surface area contributed by atoms with E-state index in [9.17, 15) is 4.79 Å². The molecular weight excluding hydrogens is 304 g/mol. The van der Waals surface area contributed by atoms with E-state index in [-0.39, 0.29) is 19.2 Å². The summed E-state index contributed by atoms with van der Waals surface area (Å²) in [5.74, 6) is 0.0909. The highest BCUT2D eigenvalue weighted by molar-refractivity contribution is 5.69. The molecule has 0 aromatic carbocycles. The molecule has 4 heteroatoms. The van der Waals surface area contributed by atoms with Crippen LogP contribution in [0.1, 0.15) is 97.3 Å². The van der Waals surface area contributed by atoms with Crippen molar-refractivity contribution in [2.45, 2.75) is 103 Å². The SMILES string of the molecule is CCCCCCCCC(CCCCCC)CC(=O)OC(CO)CO. The van der Waals surface area contributed by atoms with E-state index in [1.54, 1.807) is 0 Å². The first-order valence-corrected chi connectivity index (χ1v) is 10.1. The van der Waals surface area contributed by atoms with Crippen LogP contribution in [0.3, 0.4) is 0 Å². The van der Waals surface area contributed by atoms with Crippen molar-refractivity contribution >= 4 is 5.97 Å². The average Bonchev–Trinajstić information content (AvgIpc) is 2.59. The van der Waals surface area contributed by atoms with Crippen molar-refractivity contribution in [1.29, 1.82) is 0 Å². The van der Waals surface area contributed by atoms with Crippen molar-refractivity contribution in [2.75, 3.05) is 13.2 Å². The minimum Gasteiger partial charge on any atom is -0.457 e. The maximum Gasteiger partial charge on any atom is 0.306 e. The third kappa shape index (κ3) is 13.8. The summed E-state index contributed by atoms with van der Waals surface area (Å²) in [6.45, 7) is 3.79. The van der Waals surface area contributed by atoms with Crippen molar-refractivity contribution in [1.82, 2.24) is 0 Å². The molecular formula is C20H40O4. The standard InChI is InChI=1S/C20H40O4/c1-3-5-7-9-10-12-14-18(13-11-8-6-4-2)15-20(23)24-19(16-21)17-22/h18-19,21-22H,3-17H2,1-2H3. The van der Waals surface area contributed by atoms with Crippen LogP contribution in [0.5, 0.6) is 0 Å². The van der Waals surface area contributed by atoms with Gasteiger partial charge in [-0.2, -0.15) is 0 Å². The third-order valence-electron chi connectivity index (χ3n) is 4.59. The van der Waals surface area contributed by atoms with Crippen molar-refractivity contribution in [3.05, 3.63) is 0 Å². The highest BCUT2D eigenvalue weighted by atomic mass is 16.6. The smallest absolute Gasteiger partial charge is 0.306 e. The van der Waals surface area contributed by atoms with E-state index in [2.05, 4.69) is 13.8 Å². The molecule has 0 aromatic rings. The molecule has 0 heterocycles. The van der Waals surface area contributed by atoms with Crippen LogP contribution in [0.4, 0.5) is 0 Å². The number of unbranched alkanes of at least 4 members (excludes halogenated alkanes) is 8. The van der Waals surface area contributed by atoms with Crippen molar-refractivity contribution in [3.63, 3.8) is 0 Å². The minimum atomic E-state index is -0.771. The van der Waals surface area contributed by atoms with Gasteiger partial charge in [0.1, 0.15) is 6.10 Å². The normalized spacial score (nSPS) is 12.5. The molecule has 0 radical (unpaired) electrons. The Kier molecular flexibility index (Phi) is 16.8. The van der Waals surface area contributed by atoms with E-state index < -0.39 is 6.10 Å². The number of carbonyl (C=O) groups excluding carboxylic acids is 1. The Bertz CT molecular complexity index is 277. The molecule has 4 nitrogen and oxygen atoms in total. The fourth-order valence-corrected chi connectivity index (χ4v) is 3.02. The molecule has 1 atom stereocenters. The summed E-state index contributed by atoms with van der Waals surface area (Å²) in [6, 6.07) is 0. The molecule has 24 heavy (non-hydrogen) atoms. The number of aliphatic hydroxyl groups excluding tert-OH is 2. The second kappa shape index (κ2) is 17.2. The van der Waals surface area contributed by atoms with E-state index in [0.29, 0.717) is 12.3 Å². The molecule has 0 fully saturated rings. The van der Waals surface area contributed by atoms with Gasteiger partial charge in [0.05, 0.1) is 13.2 Å². The lowest BCUT2D eigenvalue weighted by Gasteiger charge is -2.18. The molecule has 0 aliphatic rings. The Hall–Kier alpha value is -0.610. The van der Waals surface area contributed by atoms with Crippen LogP contribution in [0.15, 0.2) is 0 Å². The fourth-order valence-electron chi connectivity index (χ4n) is 3.02. The summed E-state index contributed by atoms with van der Waals surface area (Å²) in [7, 11) is 0. The first kappa shape index (κ1) is 23.4. The number of hydrogen-bond donors (Lipinski definition) is 2. The maximum atomic E-state index is 12.0. The van der Waals surface area contributed by atoms with Crippen LogP contribution in [-0.2, 0) is 9.53 Å². The van der Waals surface area contributed by atoms with Gasteiger partial charge in [-0.25, -0.2) is 0 Å². The van der Waals surface area contributed by atoms with Crippen LogP contribution in [0.25, 0.3) is 0 Å². The number of hydrogen-bond acceptors (Lipinski definition) is 4. The molecule has 0 rings (SSSR count). The summed E-state index contributed by atoms with van der Waals surface area (Å²) >= 11 is 0. The van der Waals surface area contributed by atoms with Crippen LogP contribution in [-0.4, -0.2) is 35.5 Å². The molecule has 0 saturated heterocycles. The lowest BCUT2D eigenvalue weighted by atomic mass is 9.91. The average molecular weight is 345 g/mol. The Morgan fingerprint density at radius 2 is 1.25 bits per heavy atom. The van der Waals surface area contributed by atoms with Gasteiger partial charge in [-0.3, -0.25) is 4.79 Å². The predicted molar refractivity (Wildman–Crippen MR) is 98.9 cm³/mol. The molecule has 1 unspecified atom stereocenters. The van der Waals surface area contributed by atoms with Crippen molar-refractivity contribution in [3.8, 4) is 0 Å². The Balaban J connectivity index is 4.13. The van der Waals surface area contributed by atoms with E-state index >= 15 is 0 Å². The van der Waals surface area contributed by atoms with Gasteiger partial charge < -0.3 is 14.9 Å². The highest BCUT2D eigenvalue weighted by Crippen LogP contribution is 2.22. The molecule has 0 aliphatic heterocycles. The summed E-state index contributed by atoms with van der Waals surface area (Å²) in [6.07, 6.45) is 14.3. The molecule has 0 saturated carbocycles. The summed E-state index contributed by atoms with van der Waals surface area (Å²) in [5.41, 5.74) is 0. The van der Waals surface area contributed by atoms with Gasteiger partial charge in [0, 0.05) is 6.42 Å². The molecule has 144 valence electrons. The minimum absolute atomic E-state index is 0.283. The number of esters is 1. The molecule has 2 N–H and O–H groups in total. The van der Waals surface area contributed by atoms with E-state index in [1.165, 1.54) is 64.2 Å². The van der Waals surface area contributed by atoms with Crippen LogP contribution < -0.4 is 0 Å². The van der Waals surface area contributed by atoms with Gasteiger partial charge in [-0.05, 0) is 18.8 Å². The van der Waals surface area contributed by atoms with Gasteiger partial charge in [-0.15, -0.1) is 0 Å². The van der Waals surface area contributed by atoms with E-state index in [0.717, 1.165) is 12.8 Å². The fraction of sp³-hybridized carbons (Fsp3) is 0.950. The molecule has 0 aliphatic carbocycles. The third-order valence-corrected chi connectivity index (χ3v) is 4.59. The number of ether oxygens (including phenoxy) is 1. The number of carbonyl (C=O) groups is 1. The summed E-state index contributed by atoms with van der Waals surface area (Å²) in [4.78, 5) is 12.0. The summed E-state index contributed by atoms with van der Waals surface area (Å²) < 4.78 is 5.13. The molecule has 0 spiro atoms. The predicted octanol–water partition coefficient (Wildman–Crippen LogP) is 4.61. The molecule has 0 aromatic heterocycles. The van der Waals surface area contributed by atoms with Gasteiger partial charge in [0.15, 0.2) is 0 Å². The number of aliphatic hydroxyl groups is 2. The quantitative estimate of drug-likeness (QED) is 0.299. The van der Waals surface area contributed by atoms with Gasteiger partial charge in [0.25, 0.3) is 0 Å². The largest absolute Gasteiger partial charge is 0.457 e. The Morgan fingerprint density at radius 1 is 0.792 bits per heavy atom. The second-order valence-corrected chi connectivity index (χ2v) is 6.95. The topological polar surface area (TPSA) is 66.8 Å². The summed E-state index contributed by atoms with van der Waals surface area (Å²) in [5, 5.41) is 18.0. The van der Waals surface area contributed by atoms with Gasteiger partial charge in [0.2, 0.25) is 0 Å². The van der Waals surface area contributed by atoms with E-state index in [4.69, 9.17) is 14.9 Å². The maximum absolute atomic E-state index is 12.0. The van der Waals surface area contributed by atoms with Crippen LogP contribution in [0.2, 0.25) is 0 Å². The lowest BCUT2D eigenvalue weighted by molar-refractivity contribution is -0.154. The molecule has 0 amide bonds. The zero-order valence-corrected chi connectivity index (χ0v) is 16.0. The van der Waals surface area contributed by atoms with Gasteiger partial charge in [-0.1, -0.05) is 78.1 Å². The van der Waals surface area contributed by atoms with Crippen LogP contribution in [0, 0.1) is 5.92 Å². The molecule has 0 bridgehead atoms. The van der Waals surface area contributed by atoms with E-state index in [1.807, 2.05) is 0 Å². The second-order valence-electron chi connectivity index (χ2n) is 6.95. The van der Waals surface area contributed by atoms with Crippen molar-refractivity contribution < 1.29 is 19.7 Å². The van der Waals surface area contributed by atoms with Crippen LogP contribution >= 0.6 is 0 Å². The zero-order valence-electron chi connectivity index (χ0n) is 16.0. The Labute approximate surface area is 149 Å². The monoisotopic (exact) mass is 344 g/mol. The lowest BCUT2D eigenvalue weighted by Crippen LogP contribution is -2.26. The first-order valence-electron chi connectivity index (χ1n) is 10.1. The van der Waals surface area contributed by atoms with Crippen molar-refractivity contribution in [2.24, 2.45) is 5.92 Å². The van der Waals surface area contributed by atoms with Gasteiger partial charge >= 0.3 is 5.97 Å². The Morgan fingerprint density at radius 3 is 1.75 bits per heavy atom. The first-order chi connectivity index (χ1) is 11.7. The zero-order chi connectivity index (χ0) is 18.0. The number of rotatable bonds is 17.